The van der Waals surface area contributed by atoms with E-state index in [2.05, 4.69) is 4.90 Å². The maximum Gasteiger partial charge on any atom is 0.410 e. The van der Waals surface area contributed by atoms with E-state index in [1.807, 2.05) is 34.6 Å². The van der Waals surface area contributed by atoms with Gasteiger partial charge in [0.25, 0.3) is 0 Å². The van der Waals surface area contributed by atoms with Crippen molar-refractivity contribution in [2.24, 2.45) is 5.41 Å². The van der Waals surface area contributed by atoms with Gasteiger partial charge in [-0.25, -0.2) is 4.79 Å². The summed E-state index contributed by atoms with van der Waals surface area (Å²) in [6.07, 6.45) is -0.449. The largest absolute Gasteiger partial charge is 0.465 e. The molecule has 0 bridgehead atoms. The van der Waals surface area contributed by atoms with E-state index in [0.717, 1.165) is 19.6 Å². The number of nitrogens with zero attached hydrogens (tertiary/aromatic N) is 2. The molecule has 7 nitrogen and oxygen atoms in total. The van der Waals surface area contributed by atoms with E-state index in [0.29, 0.717) is 13.1 Å². The van der Waals surface area contributed by atoms with E-state index < -0.39 is 11.6 Å². The first kappa shape index (κ1) is 21.4. The van der Waals surface area contributed by atoms with Crippen LogP contribution in [-0.4, -0.2) is 72.6 Å². The predicted molar refractivity (Wildman–Crippen MR) is 94.3 cm³/mol. The van der Waals surface area contributed by atoms with Crippen molar-refractivity contribution < 1.29 is 23.9 Å². The van der Waals surface area contributed by atoms with Crippen LogP contribution in [0.5, 0.6) is 0 Å². The molecule has 1 amide bonds. The lowest BCUT2D eigenvalue weighted by molar-refractivity contribution is -0.149. The van der Waals surface area contributed by atoms with Crippen LogP contribution in [0.4, 0.5) is 4.79 Å². The maximum absolute atomic E-state index is 12.1. The summed E-state index contributed by atoms with van der Waals surface area (Å²) < 4.78 is 10.6. The molecule has 1 aliphatic heterocycles. The molecule has 144 valence electrons. The summed E-state index contributed by atoms with van der Waals surface area (Å²) in [4.78, 5) is 38.5. The van der Waals surface area contributed by atoms with Gasteiger partial charge in [-0.3, -0.25) is 14.5 Å². The number of rotatable bonds is 6. The molecule has 7 heteroatoms. The van der Waals surface area contributed by atoms with Crippen LogP contribution in [0.1, 0.15) is 48.0 Å². The predicted octanol–water partition coefficient (Wildman–Crippen LogP) is 2.09. The molecular formula is C18H32N2O5. The Labute approximate surface area is 150 Å². The molecule has 1 aliphatic rings. The zero-order valence-electron chi connectivity index (χ0n) is 16.4. The average Bonchev–Trinajstić information content (AvgIpc) is 2.43. The first-order valence-corrected chi connectivity index (χ1v) is 8.73. The van der Waals surface area contributed by atoms with E-state index in [1.165, 1.54) is 6.92 Å². The fraction of sp³-hybridized carbons (Fsp3) is 0.833. The third-order valence-corrected chi connectivity index (χ3v) is 3.69. The van der Waals surface area contributed by atoms with Gasteiger partial charge in [0.15, 0.2) is 0 Å². The fourth-order valence-electron chi connectivity index (χ4n) is 2.60. The van der Waals surface area contributed by atoms with Gasteiger partial charge in [0.1, 0.15) is 17.8 Å². The van der Waals surface area contributed by atoms with Crippen molar-refractivity contribution in [3.8, 4) is 0 Å². The highest BCUT2D eigenvalue weighted by molar-refractivity contribution is 5.94. The molecular weight excluding hydrogens is 324 g/mol. The SMILES string of the molecule is CC(=O)CC(=O)OCC(C)(C)CN1CCN(C(=O)OC(C)(C)C)CC1. The molecule has 0 unspecified atom stereocenters. The van der Waals surface area contributed by atoms with E-state index in [1.54, 1.807) is 4.90 Å². The first-order chi connectivity index (χ1) is 11.4. The van der Waals surface area contributed by atoms with Gasteiger partial charge in [-0.05, 0) is 27.7 Å². The Morgan fingerprint density at radius 2 is 1.52 bits per heavy atom. The second-order valence-corrected chi connectivity index (χ2v) is 8.45. The van der Waals surface area contributed by atoms with Crippen molar-refractivity contribution in [3.05, 3.63) is 0 Å². The topological polar surface area (TPSA) is 76.2 Å². The summed E-state index contributed by atoms with van der Waals surface area (Å²) >= 11 is 0. The van der Waals surface area contributed by atoms with E-state index >= 15 is 0 Å². The van der Waals surface area contributed by atoms with Gasteiger partial charge >= 0.3 is 12.1 Å². The smallest absolute Gasteiger partial charge is 0.410 e. The minimum Gasteiger partial charge on any atom is -0.465 e. The Bertz CT molecular complexity index is 488. The number of carbonyl (C=O) groups is 3. The number of ether oxygens (including phenoxy) is 2. The lowest BCUT2D eigenvalue weighted by atomic mass is 9.93. The number of ketones is 1. The molecule has 0 saturated carbocycles. The Kier molecular flexibility index (Phi) is 7.41. The lowest BCUT2D eigenvalue weighted by Gasteiger charge is -2.39. The quantitative estimate of drug-likeness (QED) is 0.536. The fourth-order valence-corrected chi connectivity index (χ4v) is 2.60. The van der Waals surface area contributed by atoms with Crippen LogP contribution in [0.2, 0.25) is 0 Å². The van der Waals surface area contributed by atoms with Crippen LogP contribution in [0.3, 0.4) is 0 Å². The molecule has 0 aromatic heterocycles. The molecule has 1 fully saturated rings. The second-order valence-electron chi connectivity index (χ2n) is 8.45. The van der Waals surface area contributed by atoms with Crippen molar-refractivity contribution in [2.45, 2.75) is 53.6 Å². The van der Waals surface area contributed by atoms with E-state index in [-0.39, 0.29) is 30.3 Å². The number of piperazine rings is 1. The third kappa shape index (κ3) is 8.86. The van der Waals surface area contributed by atoms with Crippen molar-refractivity contribution in [1.82, 2.24) is 9.80 Å². The third-order valence-electron chi connectivity index (χ3n) is 3.69. The highest BCUT2D eigenvalue weighted by atomic mass is 16.6. The molecule has 0 radical (unpaired) electrons. The minimum absolute atomic E-state index is 0.176. The standard InChI is InChI=1S/C18H32N2O5/c1-14(21)11-15(22)24-13-18(5,6)12-19-7-9-20(10-8-19)16(23)25-17(2,3)4/h7-13H2,1-6H3. The zero-order valence-corrected chi connectivity index (χ0v) is 16.4. The Hall–Kier alpha value is -1.63. The number of carbonyl (C=O) groups excluding carboxylic acids is 3. The second kappa shape index (κ2) is 8.65. The summed E-state index contributed by atoms with van der Waals surface area (Å²) in [5.74, 6) is -0.670. The molecule has 25 heavy (non-hydrogen) atoms. The first-order valence-electron chi connectivity index (χ1n) is 8.73. The molecule has 1 heterocycles. The number of esters is 1. The normalized spacial score (nSPS) is 16.5. The molecule has 1 rings (SSSR count). The number of hydrogen-bond acceptors (Lipinski definition) is 6. The molecule has 0 aromatic rings. The highest BCUT2D eigenvalue weighted by Gasteiger charge is 2.29. The molecule has 0 aliphatic carbocycles. The van der Waals surface area contributed by atoms with Crippen LogP contribution in [0, 0.1) is 5.41 Å². The summed E-state index contributed by atoms with van der Waals surface area (Å²) in [6.45, 7) is 14.8. The van der Waals surface area contributed by atoms with Gasteiger partial charge in [0.05, 0.1) is 6.61 Å². The molecule has 0 aromatic carbocycles. The van der Waals surface area contributed by atoms with Gasteiger partial charge in [-0.1, -0.05) is 13.8 Å². The van der Waals surface area contributed by atoms with Crippen molar-refractivity contribution in [3.63, 3.8) is 0 Å². The zero-order chi connectivity index (χ0) is 19.3. The summed E-state index contributed by atoms with van der Waals surface area (Å²) in [5, 5.41) is 0. The molecule has 0 N–H and O–H groups in total. The average molecular weight is 356 g/mol. The minimum atomic E-state index is -0.486. The summed E-state index contributed by atoms with van der Waals surface area (Å²) in [5.41, 5.74) is -0.708. The Morgan fingerprint density at radius 3 is 2.00 bits per heavy atom. The van der Waals surface area contributed by atoms with Gasteiger partial charge in [0, 0.05) is 38.1 Å². The molecule has 0 atom stereocenters. The Morgan fingerprint density at radius 1 is 0.960 bits per heavy atom. The highest BCUT2D eigenvalue weighted by Crippen LogP contribution is 2.20. The van der Waals surface area contributed by atoms with Gasteiger partial charge in [-0.15, -0.1) is 0 Å². The summed E-state index contributed by atoms with van der Waals surface area (Å²) in [6, 6.07) is 0. The van der Waals surface area contributed by atoms with E-state index in [9.17, 15) is 14.4 Å². The van der Waals surface area contributed by atoms with E-state index in [4.69, 9.17) is 9.47 Å². The van der Waals surface area contributed by atoms with Crippen molar-refractivity contribution in [1.29, 1.82) is 0 Å². The molecule has 0 spiro atoms. The lowest BCUT2D eigenvalue weighted by Crippen LogP contribution is -2.52. The number of hydrogen-bond donors (Lipinski definition) is 0. The van der Waals surface area contributed by atoms with Gasteiger partial charge < -0.3 is 14.4 Å². The van der Waals surface area contributed by atoms with Gasteiger partial charge in [-0.2, -0.15) is 0 Å². The number of Topliss-reactive ketones (excluding diaryl/α,β-unsaturated/α-hetero) is 1. The maximum atomic E-state index is 12.1. The number of amides is 1. The van der Waals surface area contributed by atoms with Gasteiger partial charge in [0.2, 0.25) is 0 Å². The van der Waals surface area contributed by atoms with Crippen molar-refractivity contribution >= 4 is 17.8 Å². The Balaban J connectivity index is 2.38. The van der Waals surface area contributed by atoms with Crippen molar-refractivity contribution in [2.75, 3.05) is 39.3 Å². The van der Waals surface area contributed by atoms with Crippen LogP contribution >= 0.6 is 0 Å². The molecule has 1 saturated heterocycles. The van der Waals surface area contributed by atoms with Crippen LogP contribution in [-0.2, 0) is 19.1 Å². The monoisotopic (exact) mass is 356 g/mol. The van der Waals surface area contributed by atoms with Crippen LogP contribution in [0.15, 0.2) is 0 Å². The van der Waals surface area contributed by atoms with Crippen LogP contribution in [0.25, 0.3) is 0 Å². The summed E-state index contributed by atoms with van der Waals surface area (Å²) in [7, 11) is 0. The van der Waals surface area contributed by atoms with Crippen LogP contribution < -0.4 is 0 Å².